The quantitative estimate of drug-likeness (QED) is 0.813. The largest absolute Gasteiger partial charge is 0.391 e. The van der Waals surface area contributed by atoms with Gasteiger partial charge in [-0.1, -0.05) is 13.8 Å². The van der Waals surface area contributed by atoms with Gasteiger partial charge in [-0.2, -0.15) is 0 Å². The summed E-state index contributed by atoms with van der Waals surface area (Å²) in [5.41, 5.74) is 1.24. The van der Waals surface area contributed by atoms with E-state index in [4.69, 9.17) is 0 Å². The van der Waals surface area contributed by atoms with Crippen LogP contribution in [0.5, 0.6) is 0 Å². The summed E-state index contributed by atoms with van der Waals surface area (Å²) in [6, 6.07) is 0. The minimum Gasteiger partial charge on any atom is -0.391 e. The molecule has 0 aromatic carbocycles. The van der Waals surface area contributed by atoms with Crippen LogP contribution in [0.1, 0.15) is 49.0 Å². The molecule has 28 heavy (non-hydrogen) atoms. The van der Waals surface area contributed by atoms with Crippen LogP contribution in [-0.4, -0.2) is 55.0 Å². The van der Waals surface area contributed by atoms with E-state index in [0.717, 1.165) is 24.8 Å². The van der Waals surface area contributed by atoms with Crippen molar-refractivity contribution in [3.8, 4) is 0 Å². The van der Waals surface area contributed by atoms with Crippen LogP contribution in [0.2, 0.25) is 0 Å². The monoisotopic (exact) mass is 382 g/mol. The number of carbonyl (C=O) groups is 1. The van der Waals surface area contributed by atoms with Crippen LogP contribution in [0.4, 0.5) is 5.95 Å². The smallest absolute Gasteiger partial charge is 0.257 e. The van der Waals surface area contributed by atoms with E-state index < -0.39 is 6.10 Å². The fourth-order valence-electron chi connectivity index (χ4n) is 3.82. The van der Waals surface area contributed by atoms with Crippen LogP contribution in [0.3, 0.4) is 0 Å². The Bertz CT molecular complexity index is 822. The highest BCUT2D eigenvalue weighted by molar-refractivity contribution is 5.93. The van der Waals surface area contributed by atoms with Crippen molar-refractivity contribution in [3.63, 3.8) is 0 Å². The lowest BCUT2D eigenvalue weighted by atomic mass is 9.86. The molecule has 1 aliphatic carbocycles. The lowest BCUT2D eigenvalue weighted by Gasteiger charge is -2.37. The minimum atomic E-state index is -0.477. The van der Waals surface area contributed by atoms with Crippen molar-refractivity contribution >= 4 is 11.9 Å². The van der Waals surface area contributed by atoms with Crippen molar-refractivity contribution in [1.82, 2.24) is 24.8 Å². The average molecular weight is 382 g/mol. The summed E-state index contributed by atoms with van der Waals surface area (Å²) in [5.74, 6) is 1.08. The Labute approximate surface area is 164 Å². The number of amides is 1. The second-order valence-electron chi connectivity index (χ2n) is 8.23. The van der Waals surface area contributed by atoms with Gasteiger partial charge in [-0.15, -0.1) is 0 Å². The third kappa shape index (κ3) is 3.82. The summed E-state index contributed by atoms with van der Waals surface area (Å²) < 4.78 is 0. The molecule has 1 saturated carbocycles. The molecule has 8 heteroatoms. The number of nitrogens with one attached hydrogen (secondary N) is 1. The molecule has 1 amide bonds. The maximum absolute atomic E-state index is 12.8. The summed E-state index contributed by atoms with van der Waals surface area (Å²) in [5, 5.41) is 13.5. The number of hydrogen-bond acceptors (Lipinski definition) is 7. The molecule has 0 unspecified atom stereocenters. The summed E-state index contributed by atoms with van der Waals surface area (Å²) in [4.78, 5) is 31.4. The van der Waals surface area contributed by atoms with Gasteiger partial charge in [0.1, 0.15) is 6.33 Å². The minimum absolute atomic E-state index is 0.131. The number of aliphatic hydroxyl groups excluding tert-OH is 1. The van der Waals surface area contributed by atoms with Crippen LogP contribution in [0, 0.1) is 11.8 Å². The Morgan fingerprint density at radius 2 is 1.86 bits per heavy atom. The average Bonchev–Trinajstić information content (AvgIpc) is 3.49. The first-order chi connectivity index (χ1) is 13.5. The van der Waals surface area contributed by atoms with Crippen molar-refractivity contribution < 1.29 is 9.90 Å². The number of carbonyl (C=O) groups excluding carboxylic acids is 1. The van der Waals surface area contributed by atoms with Gasteiger partial charge < -0.3 is 15.3 Å². The highest BCUT2D eigenvalue weighted by Crippen LogP contribution is 2.47. The van der Waals surface area contributed by atoms with E-state index in [0.29, 0.717) is 36.4 Å². The topological polar surface area (TPSA) is 104 Å². The molecule has 4 rings (SSSR count). The van der Waals surface area contributed by atoms with Crippen molar-refractivity contribution in [3.05, 3.63) is 42.2 Å². The second-order valence-corrected chi connectivity index (χ2v) is 8.23. The number of anilines is 1. The van der Waals surface area contributed by atoms with E-state index in [1.165, 1.54) is 6.33 Å². The van der Waals surface area contributed by atoms with Gasteiger partial charge >= 0.3 is 0 Å². The van der Waals surface area contributed by atoms with Crippen molar-refractivity contribution in [2.75, 3.05) is 18.4 Å². The highest BCUT2D eigenvalue weighted by atomic mass is 16.3. The number of nitrogens with zero attached hydrogens (tertiary/aromatic N) is 5. The summed E-state index contributed by atoms with van der Waals surface area (Å²) in [6.07, 6.45) is 10.4. The van der Waals surface area contributed by atoms with Gasteiger partial charge in [0.05, 0.1) is 17.2 Å². The van der Waals surface area contributed by atoms with Gasteiger partial charge in [0.2, 0.25) is 5.95 Å². The zero-order chi connectivity index (χ0) is 19.7. The van der Waals surface area contributed by atoms with Gasteiger partial charge in [0, 0.05) is 43.4 Å². The van der Waals surface area contributed by atoms with Crippen LogP contribution >= 0.6 is 0 Å². The maximum atomic E-state index is 12.8. The number of β-amino-alcohol motifs (C(OH)–C–C–N with tert-alkyl or cyclic N) is 1. The molecule has 8 nitrogen and oxygen atoms in total. The van der Waals surface area contributed by atoms with Crippen LogP contribution < -0.4 is 5.32 Å². The SMILES string of the molecule is CC(C)[C@H]1C[C@H](O)CN(C(=O)c2cnc(NC3(c4cncnc4)CC3)nc2)C1. The number of aromatic nitrogens is 4. The van der Waals surface area contributed by atoms with Crippen molar-refractivity contribution in [2.24, 2.45) is 11.8 Å². The molecule has 2 fully saturated rings. The number of hydrogen-bond donors (Lipinski definition) is 2. The fraction of sp³-hybridized carbons (Fsp3) is 0.550. The third-order valence-corrected chi connectivity index (χ3v) is 5.80. The predicted octanol–water partition coefficient (Wildman–Crippen LogP) is 1.85. The van der Waals surface area contributed by atoms with E-state index in [-0.39, 0.29) is 11.4 Å². The number of likely N-dealkylation sites (tertiary alicyclic amines) is 1. The van der Waals surface area contributed by atoms with Gasteiger partial charge in [0.25, 0.3) is 5.91 Å². The summed E-state index contributed by atoms with van der Waals surface area (Å²) in [6.45, 7) is 5.27. The van der Waals surface area contributed by atoms with Crippen molar-refractivity contribution in [2.45, 2.75) is 44.8 Å². The van der Waals surface area contributed by atoms with Crippen LogP contribution in [0.15, 0.2) is 31.1 Å². The Hall–Kier alpha value is -2.61. The molecule has 2 N–H and O–H groups in total. The van der Waals surface area contributed by atoms with Gasteiger partial charge in [0.15, 0.2) is 0 Å². The first-order valence-electron chi connectivity index (χ1n) is 9.80. The van der Waals surface area contributed by atoms with Gasteiger partial charge in [-0.3, -0.25) is 4.79 Å². The first-order valence-corrected chi connectivity index (χ1v) is 9.80. The lowest BCUT2D eigenvalue weighted by Crippen LogP contribution is -2.47. The maximum Gasteiger partial charge on any atom is 0.257 e. The molecule has 1 aliphatic heterocycles. The van der Waals surface area contributed by atoms with Gasteiger partial charge in [-0.25, -0.2) is 19.9 Å². The Balaban J connectivity index is 1.44. The molecular weight excluding hydrogens is 356 g/mol. The third-order valence-electron chi connectivity index (χ3n) is 5.80. The van der Waals surface area contributed by atoms with Crippen molar-refractivity contribution in [1.29, 1.82) is 0 Å². The Morgan fingerprint density at radius 1 is 1.18 bits per heavy atom. The van der Waals surface area contributed by atoms with Crippen LogP contribution in [-0.2, 0) is 5.54 Å². The molecule has 2 atom stereocenters. The van der Waals surface area contributed by atoms with E-state index >= 15 is 0 Å². The molecule has 0 spiro atoms. The molecular formula is C20H26N6O2. The van der Waals surface area contributed by atoms with Crippen LogP contribution in [0.25, 0.3) is 0 Å². The Kier molecular flexibility index (Phi) is 4.97. The van der Waals surface area contributed by atoms with E-state index in [9.17, 15) is 9.90 Å². The molecule has 1 saturated heterocycles. The molecule has 2 aliphatic rings. The number of piperidine rings is 1. The molecule has 2 aromatic heterocycles. The summed E-state index contributed by atoms with van der Waals surface area (Å²) in [7, 11) is 0. The second kappa shape index (κ2) is 7.43. The molecule has 2 aromatic rings. The molecule has 148 valence electrons. The van der Waals surface area contributed by atoms with Gasteiger partial charge in [-0.05, 0) is 31.1 Å². The first kappa shape index (κ1) is 18.7. The van der Waals surface area contributed by atoms with E-state index in [1.807, 2.05) is 0 Å². The molecule has 3 heterocycles. The highest BCUT2D eigenvalue weighted by Gasteiger charge is 2.45. The number of rotatable bonds is 5. The summed E-state index contributed by atoms with van der Waals surface area (Å²) >= 11 is 0. The number of aliphatic hydroxyl groups is 1. The molecule has 0 radical (unpaired) electrons. The zero-order valence-electron chi connectivity index (χ0n) is 16.2. The predicted molar refractivity (Wildman–Crippen MR) is 103 cm³/mol. The standard InChI is InChI=1S/C20H26N6O2/c1-13(2)14-5-17(27)11-26(10-14)18(28)15-6-23-19(24-7-15)25-20(3-4-20)16-8-21-12-22-9-16/h6-9,12-14,17,27H,3-5,10-11H2,1-2H3,(H,23,24,25)/t14-,17-/m0/s1. The lowest BCUT2D eigenvalue weighted by molar-refractivity contribution is 0.0224. The Morgan fingerprint density at radius 3 is 2.46 bits per heavy atom. The zero-order valence-corrected chi connectivity index (χ0v) is 16.2. The fourth-order valence-corrected chi connectivity index (χ4v) is 3.82. The molecule has 0 bridgehead atoms. The van der Waals surface area contributed by atoms with E-state index in [1.54, 1.807) is 29.7 Å². The normalized spacial score (nSPS) is 23.5. The van der Waals surface area contributed by atoms with E-state index in [2.05, 4.69) is 39.1 Å².